The number of rotatable bonds is 2. The average molecular weight is 259 g/mol. The number of carbonyl (C=O) groups is 1. The van der Waals surface area contributed by atoms with Crippen molar-refractivity contribution in [3.05, 3.63) is 34.4 Å². The summed E-state index contributed by atoms with van der Waals surface area (Å²) in [7, 11) is 0. The number of hydrogen-bond donors (Lipinski definition) is 0. The molecule has 0 N–H and O–H groups in total. The fourth-order valence-electron chi connectivity index (χ4n) is 0.829. The monoisotopic (exact) mass is 258 g/mol. The standard InChI is InChI=1S/C8H3Cl3F2O/c9-4-2-6(13)5(12)1-3(4)7(14)8(10)11/h1-2,8H. The molecule has 0 aliphatic heterocycles. The Morgan fingerprint density at radius 1 is 1.21 bits per heavy atom. The Kier molecular flexibility index (Phi) is 3.70. The molecule has 0 aliphatic rings. The van der Waals surface area contributed by atoms with Gasteiger partial charge in [-0.05, 0) is 12.1 Å². The predicted molar refractivity (Wildman–Crippen MR) is 51.2 cm³/mol. The van der Waals surface area contributed by atoms with E-state index in [4.69, 9.17) is 34.8 Å². The number of hydrogen-bond acceptors (Lipinski definition) is 1. The zero-order valence-electron chi connectivity index (χ0n) is 6.53. The molecule has 0 saturated carbocycles. The number of alkyl halides is 2. The van der Waals surface area contributed by atoms with Crippen molar-refractivity contribution in [1.29, 1.82) is 0 Å². The van der Waals surface area contributed by atoms with E-state index < -0.39 is 22.3 Å². The van der Waals surface area contributed by atoms with Crippen LogP contribution in [0.1, 0.15) is 10.4 Å². The molecule has 0 aliphatic carbocycles. The molecule has 0 radical (unpaired) electrons. The summed E-state index contributed by atoms with van der Waals surface area (Å²) < 4.78 is 25.3. The van der Waals surface area contributed by atoms with Gasteiger partial charge in [0.15, 0.2) is 22.3 Å². The van der Waals surface area contributed by atoms with E-state index in [1.165, 1.54) is 0 Å². The first kappa shape index (κ1) is 11.7. The van der Waals surface area contributed by atoms with Gasteiger partial charge in [0, 0.05) is 5.56 Å². The second-order valence-corrected chi connectivity index (χ2v) is 3.91. The molecule has 1 nitrogen and oxygen atoms in total. The molecule has 0 aromatic heterocycles. The lowest BCUT2D eigenvalue weighted by Gasteiger charge is -2.04. The van der Waals surface area contributed by atoms with Crippen LogP contribution in [0.15, 0.2) is 12.1 Å². The highest BCUT2D eigenvalue weighted by Crippen LogP contribution is 2.23. The van der Waals surface area contributed by atoms with E-state index in [0.717, 1.165) is 0 Å². The molecular formula is C8H3Cl3F2O. The first-order valence-electron chi connectivity index (χ1n) is 3.40. The van der Waals surface area contributed by atoms with Crippen LogP contribution < -0.4 is 0 Å². The van der Waals surface area contributed by atoms with Crippen molar-refractivity contribution < 1.29 is 13.6 Å². The third-order valence-electron chi connectivity index (χ3n) is 1.47. The van der Waals surface area contributed by atoms with E-state index >= 15 is 0 Å². The molecule has 0 heterocycles. The lowest BCUT2D eigenvalue weighted by Crippen LogP contribution is -2.09. The van der Waals surface area contributed by atoms with Crippen LogP contribution in [0.5, 0.6) is 0 Å². The van der Waals surface area contributed by atoms with Crippen LogP contribution in [0, 0.1) is 11.6 Å². The molecule has 1 aromatic rings. The average Bonchev–Trinajstić information content (AvgIpc) is 2.10. The van der Waals surface area contributed by atoms with Crippen molar-refractivity contribution in [2.45, 2.75) is 4.84 Å². The van der Waals surface area contributed by atoms with Crippen LogP contribution in [0.25, 0.3) is 0 Å². The van der Waals surface area contributed by atoms with E-state index in [1.807, 2.05) is 0 Å². The number of Topliss-reactive ketones (excluding diaryl/α,β-unsaturated/α-hetero) is 1. The van der Waals surface area contributed by atoms with Crippen LogP contribution in [-0.4, -0.2) is 10.6 Å². The zero-order valence-corrected chi connectivity index (χ0v) is 8.80. The first-order valence-corrected chi connectivity index (χ1v) is 4.65. The highest BCUT2D eigenvalue weighted by molar-refractivity contribution is 6.56. The summed E-state index contributed by atoms with van der Waals surface area (Å²) in [5, 5.41) is -0.222. The van der Waals surface area contributed by atoms with E-state index in [2.05, 4.69) is 0 Å². The van der Waals surface area contributed by atoms with Gasteiger partial charge in [0.25, 0.3) is 0 Å². The lowest BCUT2D eigenvalue weighted by molar-refractivity contribution is 0.101. The summed E-state index contributed by atoms with van der Waals surface area (Å²) in [5.74, 6) is -3.07. The molecule has 1 aromatic carbocycles. The van der Waals surface area contributed by atoms with E-state index in [-0.39, 0.29) is 10.6 Å². The van der Waals surface area contributed by atoms with Gasteiger partial charge in [0.05, 0.1) is 5.02 Å². The molecule has 0 spiro atoms. The van der Waals surface area contributed by atoms with Gasteiger partial charge >= 0.3 is 0 Å². The Morgan fingerprint density at radius 2 is 1.71 bits per heavy atom. The minimum atomic E-state index is -1.35. The maximum Gasteiger partial charge on any atom is 0.197 e. The topological polar surface area (TPSA) is 17.1 Å². The number of ketones is 1. The fraction of sp³-hybridized carbons (Fsp3) is 0.125. The van der Waals surface area contributed by atoms with Crippen LogP contribution in [0.2, 0.25) is 5.02 Å². The molecule has 0 atom stereocenters. The van der Waals surface area contributed by atoms with Crippen molar-refractivity contribution in [1.82, 2.24) is 0 Å². The minimum absolute atomic E-state index is 0.222. The van der Waals surface area contributed by atoms with Gasteiger partial charge in [0.2, 0.25) is 0 Å². The van der Waals surface area contributed by atoms with Crippen LogP contribution >= 0.6 is 34.8 Å². The SMILES string of the molecule is O=C(c1cc(F)c(F)cc1Cl)C(Cl)Cl. The smallest absolute Gasteiger partial charge is 0.197 e. The first-order chi connectivity index (χ1) is 6.43. The second-order valence-electron chi connectivity index (χ2n) is 2.41. The zero-order chi connectivity index (χ0) is 10.9. The third kappa shape index (κ3) is 2.35. The second kappa shape index (κ2) is 4.43. The van der Waals surface area contributed by atoms with Crippen molar-refractivity contribution in [3.63, 3.8) is 0 Å². The maximum atomic E-state index is 12.7. The van der Waals surface area contributed by atoms with Gasteiger partial charge in [-0.3, -0.25) is 4.79 Å². The molecule has 1 rings (SSSR count). The maximum absolute atomic E-state index is 12.7. The molecule has 0 bridgehead atoms. The van der Waals surface area contributed by atoms with Gasteiger partial charge < -0.3 is 0 Å². The lowest BCUT2D eigenvalue weighted by atomic mass is 10.1. The van der Waals surface area contributed by atoms with E-state index in [1.54, 1.807) is 0 Å². The quantitative estimate of drug-likeness (QED) is 0.450. The number of halogens is 5. The molecule has 0 amide bonds. The van der Waals surface area contributed by atoms with Gasteiger partial charge in [-0.25, -0.2) is 8.78 Å². The highest BCUT2D eigenvalue weighted by Gasteiger charge is 2.19. The normalized spacial score (nSPS) is 10.7. The molecule has 0 saturated heterocycles. The predicted octanol–water partition coefficient (Wildman–Crippen LogP) is 3.60. The van der Waals surface area contributed by atoms with Crippen molar-refractivity contribution in [3.8, 4) is 0 Å². The summed E-state index contributed by atoms with van der Waals surface area (Å²) in [6.07, 6.45) is 0. The molecule has 0 unspecified atom stereocenters. The summed E-state index contributed by atoms with van der Waals surface area (Å²) >= 11 is 16.0. The Labute approximate surface area is 93.6 Å². The molecule has 6 heteroatoms. The summed E-state index contributed by atoms with van der Waals surface area (Å²) in [6, 6.07) is 1.36. The van der Waals surface area contributed by atoms with E-state index in [0.29, 0.717) is 12.1 Å². The fourth-order valence-corrected chi connectivity index (χ4v) is 1.31. The van der Waals surface area contributed by atoms with Crippen molar-refractivity contribution in [2.24, 2.45) is 0 Å². The van der Waals surface area contributed by atoms with Crippen LogP contribution in [0.4, 0.5) is 8.78 Å². The summed E-state index contributed by atoms with van der Waals surface area (Å²) in [5.41, 5.74) is -0.236. The Bertz CT molecular complexity index is 379. The van der Waals surface area contributed by atoms with Crippen molar-refractivity contribution in [2.75, 3.05) is 0 Å². The third-order valence-corrected chi connectivity index (χ3v) is 2.18. The van der Waals surface area contributed by atoms with Crippen LogP contribution in [-0.2, 0) is 0 Å². The van der Waals surface area contributed by atoms with Gasteiger partial charge in [0.1, 0.15) is 0 Å². The summed E-state index contributed by atoms with van der Waals surface area (Å²) in [4.78, 5) is 9.84. The largest absolute Gasteiger partial charge is 0.291 e. The summed E-state index contributed by atoms with van der Waals surface area (Å²) in [6.45, 7) is 0. The van der Waals surface area contributed by atoms with Gasteiger partial charge in [-0.1, -0.05) is 34.8 Å². The molecule has 76 valence electrons. The molecule has 14 heavy (non-hydrogen) atoms. The Morgan fingerprint density at radius 3 is 2.21 bits per heavy atom. The van der Waals surface area contributed by atoms with Crippen molar-refractivity contribution >= 4 is 40.6 Å². The van der Waals surface area contributed by atoms with Crippen LogP contribution in [0.3, 0.4) is 0 Å². The Balaban J connectivity index is 3.22. The highest BCUT2D eigenvalue weighted by atomic mass is 35.5. The minimum Gasteiger partial charge on any atom is -0.291 e. The molecule has 0 fully saturated rings. The Hall–Kier alpha value is -0.380. The number of benzene rings is 1. The van der Waals surface area contributed by atoms with E-state index in [9.17, 15) is 13.6 Å². The van der Waals surface area contributed by atoms with Gasteiger partial charge in [-0.15, -0.1) is 0 Å². The molecular weight excluding hydrogens is 256 g/mol. The number of carbonyl (C=O) groups excluding carboxylic acids is 1. The van der Waals surface area contributed by atoms with Gasteiger partial charge in [-0.2, -0.15) is 0 Å².